The molecule has 0 bridgehead atoms. The van der Waals surface area contributed by atoms with Gasteiger partial charge in [0.05, 0.1) is 26.4 Å². The van der Waals surface area contributed by atoms with Gasteiger partial charge in [-0.05, 0) is 0 Å². The van der Waals surface area contributed by atoms with Crippen molar-refractivity contribution in [2.45, 2.75) is 4.90 Å². The van der Waals surface area contributed by atoms with Crippen LogP contribution in [0, 0.1) is 20.2 Å². The summed E-state index contributed by atoms with van der Waals surface area (Å²) in [5, 5.41) is 29.6. The lowest BCUT2D eigenvalue weighted by atomic mass is 10.1. The summed E-state index contributed by atoms with van der Waals surface area (Å²) in [4.78, 5) is 29.4. The van der Waals surface area contributed by atoms with Crippen LogP contribution < -0.4 is 0 Å². The molecule has 84 valence electrons. The molecule has 1 N–H and O–H groups in total. The van der Waals surface area contributed by atoms with Crippen LogP contribution in [-0.2, 0) is 0 Å². The molecule has 0 aliphatic carbocycles. The second-order valence-corrected chi connectivity index (χ2v) is 3.13. The van der Waals surface area contributed by atoms with Crippen LogP contribution in [-0.4, -0.2) is 20.9 Å². The predicted molar refractivity (Wildman–Crippen MR) is 54.0 cm³/mol. The molecule has 0 unspecified atom stereocenters. The van der Waals surface area contributed by atoms with Crippen LogP contribution in [0.2, 0.25) is 0 Å². The number of hydrogen-bond acceptors (Lipinski definition) is 6. The molecule has 8 nitrogen and oxygen atoms in total. The van der Waals surface area contributed by atoms with Gasteiger partial charge in [0, 0.05) is 6.07 Å². The number of carboxylic acids is 1. The Morgan fingerprint density at radius 3 is 2.19 bits per heavy atom. The molecule has 0 atom stereocenters. The summed E-state index contributed by atoms with van der Waals surface area (Å²) in [6, 6.07) is 1.38. The molecule has 0 spiro atoms. The number of non-ortho nitro benzene ring substituents is 1. The first kappa shape index (κ1) is 11.9. The van der Waals surface area contributed by atoms with Gasteiger partial charge >= 0.3 is 5.97 Å². The van der Waals surface area contributed by atoms with E-state index in [1.807, 2.05) is 0 Å². The van der Waals surface area contributed by atoms with Crippen LogP contribution in [0.4, 0.5) is 11.4 Å². The van der Waals surface area contributed by atoms with Gasteiger partial charge in [-0.3, -0.25) is 20.2 Å². The van der Waals surface area contributed by atoms with Crippen molar-refractivity contribution in [2.24, 2.45) is 0 Å². The Hall–Kier alpha value is -2.16. The number of thiol groups is 1. The number of carbonyl (C=O) groups is 1. The largest absolute Gasteiger partial charge is 0.478 e. The Kier molecular flexibility index (Phi) is 3.09. The van der Waals surface area contributed by atoms with Crippen LogP contribution >= 0.6 is 12.6 Å². The number of nitro groups is 2. The van der Waals surface area contributed by atoms with E-state index in [0.717, 1.165) is 6.07 Å². The van der Waals surface area contributed by atoms with Gasteiger partial charge in [-0.15, -0.1) is 12.6 Å². The van der Waals surface area contributed by atoms with Gasteiger partial charge in [0.1, 0.15) is 0 Å². The van der Waals surface area contributed by atoms with Crippen molar-refractivity contribution in [2.75, 3.05) is 0 Å². The molecule has 0 radical (unpaired) electrons. The zero-order valence-corrected chi connectivity index (χ0v) is 8.38. The number of nitrogens with zero attached hydrogens (tertiary/aromatic N) is 2. The van der Waals surface area contributed by atoms with Gasteiger partial charge in [-0.1, -0.05) is 0 Å². The summed E-state index contributed by atoms with van der Waals surface area (Å²) in [6.07, 6.45) is 0. The molecule has 1 aromatic rings. The molecular formula is C7H4N2O6S. The molecule has 0 amide bonds. The monoisotopic (exact) mass is 244 g/mol. The molecule has 1 rings (SSSR count). The van der Waals surface area contributed by atoms with Gasteiger partial charge in [0.25, 0.3) is 11.4 Å². The minimum Gasteiger partial charge on any atom is -0.478 e. The summed E-state index contributed by atoms with van der Waals surface area (Å²) >= 11 is 3.66. The molecule has 16 heavy (non-hydrogen) atoms. The number of aromatic carboxylic acids is 1. The van der Waals surface area contributed by atoms with Gasteiger partial charge in [-0.2, -0.15) is 0 Å². The molecule has 0 saturated carbocycles. The van der Waals surface area contributed by atoms with Crippen LogP contribution in [0.25, 0.3) is 0 Å². The first-order valence-electron chi connectivity index (χ1n) is 3.73. The smallest absolute Gasteiger partial charge is 0.337 e. The van der Waals surface area contributed by atoms with Crippen molar-refractivity contribution in [3.05, 3.63) is 37.9 Å². The third kappa shape index (κ3) is 2.08. The van der Waals surface area contributed by atoms with E-state index in [-0.39, 0.29) is 0 Å². The Bertz CT molecular complexity index is 465. The van der Waals surface area contributed by atoms with E-state index in [1.165, 1.54) is 0 Å². The van der Waals surface area contributed by atoms with Crippen LogP contribution in [0.1, 0.15) is 10.4 Å². The van der Waals surface area contributed by atoms with Gasteiger partial charge in [0.15, 0.2) is 0 Å². The summed E-state index contributed by atoms with van der Waals surface area (Å²) in [5.41, 5.74) is -1.96. The SMILES string of the molecule is O=C(O)c1cc([N+](=O)[O-])cc([N+](=O)[O-])c1S. The molecule has 0 aliphatic rings. The minimum atomic E-state index is -1.52. The quantitative estimate of drug-likeness (QED) is 0.471. The topological polar surface area (TPSA) is 124 Å². The summed E-state index contributed by atoms with van der Waals surface area (Å²) < 4.78 is 0. The maximum Gasteiger partial charge on any atom is 0.337 e. The van der Waals surface area contributed by atoms with Gasteiger partial charge < -0.3 is 5.11 Å². The second kappa shape index (κ2) is 4.14. The van der Waals surface area contributed by atoms with Crippen LogP contribution in [0.15, 0.2) is 17.0 Å². The van der Waals surface area contributed by atoms with E-state index in [9.17, 15) is 25.0 Å². The lowest BCUT2D eigenvalue weighted by molar-refractivity contribution is -0.396. The highest BCUT2D eigenvalue weighted by atomic mass is 32.1. The van der Waals surface area contributed by atoms with Crippen molar-refractivity contribution in [1.29, 1.82) is 0 Å². The van der Waals surface area contributed by atoms with E-state index in [0.29, 0.717) is 6.07 Å². The Morgan fingerprint density at radius 2 is 1.81 bits per heavy atom. The third-order valence-corrected chi connectivity index (χ3v) is 2.18. The van der Waals surface area contributed by atoms with Crippen molar-refractivity contribution in [3.8, 4) is 0 Å². The van der Waals surface area contributed by atoms with Crippen molar-refractivity contribution in [3.63, 3.8) is 0 Å². The summed E-state index contributed by atoms with van der Waals surface area (Å²) in [7, 11) is 0. The minimum absolute atomic E-state index is 0.414. The first-order chi connectivity index (χ1) is 7.34. The predicted octanol–water partition coefficient (Wildman–Crippen LogP) is 1.49. The van der Waals surface area contributed by atoms with Crippen molar-refractivity contribution in [1.82, 2.24) is 0 Å². The van der Waals surface area contributed by atoms with E-state index < -0.39 is 37.6 Å². The number of rotatable bonds is 3. The Balaban J connectivity index is 3.57. The molecule has 1 aromatic carbocycles. The Morgan fingerprint density at radius 1 is 1.25 bits per heavy atom. The summed E-state index contributed by atoms with van der Waals surface area (Å²) in [6.45, 7) is 0. The standard InChI is InChI=1S/C7H4N2O6S/c10-7(11)4-1-3(8(12)13)2-5(6(4)16)9(14)15/h1-2,16H,(H,10,11). The number of benzene rings is 1. The van der Waals surface area contributed by atoms with E-state index in [1.54, 1.807) is 0 Å². The van der Waals surface area contributed by atoms with Crippen molar-refractivity contribution >= 4 is 30.0 Å². The molecule has 0 fully saturated rings. The normalized spacial score (nSPS) is 9.81. The summed E-state index contributed by atoms with van der Waals surface area (Å²) in [5.74, 6) is -1.52. The first-order valence-corrected chi connectivity index (χ1v) is 4.18. The molecule has 0 saturated heterocycles. The third-order valence-electron chi connectivity index (χ3n) is 1.71. The van der Waals surface area contributed by atoms with Crippen LogP contribution in [0.5, 0.6) is 0 Å². The highest BCUT2D eigenvalue weighted by molar-refractivity contribution is 7.80. The highest BCUT2D eigenvalue weighted by Crippen LogP contribution is 2.31. The lowest BCUT2D eigenvalue weighted by Crippen LogP contribution is -2.03. The zero-order valence-electron chi connectivity index (χ0n) is 7.48. The number of hydrogen-bond donors (Lipinski definition) is 2. The molecule has 0 heterocycles. The average Bonchev–Trinajstić information content (AvgIpc) is 2.16. The highest BCUT2D eigenvalue weighted by Gasteiger charge is 2.24. The number of carboxylic acid groups (broad SMARTS) is 1. The zero-order chi connectivity index (χ0) is 12.5. The van der Waals surface area contributed by atoms with E-state index in [4.69, 9.17) is 5.11 Å². The second-order valence-electron chi connectivity index (χ2n) is 2.68. The van der Waals surface area contributed by atoms with Crippen LogP contribution in [0.3, 0.4) is 0 Å². The van der Waals surface area contributed by atoms with E-state index >= 15 is 0 Å². The Labute approximate surface area is 93.2 Å². The molecular weight excluding hydrogens is 240 g/mol. The maximum absolute atomic E-state index is 10.7. The molecule has 9 heteroatoms. The van der Waals surface area contributed by atoms with E-state index in [2.05, 4.69) is 12.6 Å². The number of nitro benzene ring substituents is 2. The van der Waals surface area contributed by atoms with Gasteiger partial charge in [0.2, 0.25) is 0 Å². The fourth-order valence-electron chi connectivity index (χ4n) is 1.01. The molecule has 0 aromatic heterocycles. The maximum atomic E-state index is 10.7. The van der Waals surface area contributed by atoms with Crippen molar-refractivity contribution < 1.29 is 19.7 Å². The fourth-order valence-corrected chi connectivity index (χ4v) is 1.32. The average molecular weight is 244 g/mol. The fraction of sp³-hybridized carbons (Fsp3) is 0. The lowest BCUT2D eigenvalue weighted by Gasteiger charge is -2.01. The van der Waals surface area contributed by atoms with Gasteiger partial charge in [-0.25, -0.2) is 4.79 Å². The molecule has 0 aliphatic heterocycles.